The minimum absolute atomic E-state index is 0.148. The molecule has 0 aromatic carbocycles. The number of hydrogen-bond acceptors (Lipinski definition) is 5. The average molecular weight is 211 g/mol. The maximum atomic E-state index is 5.82. The summed E-state index contributed by atoms with van der Waals surface area (Å²) in [5.74, 6) is 0.725. The second-order valence-corrected chi connectivity index (χ2v) is 4.39. The molecule has 0 saturated carbocycles. The van der Waals surface area contributed by atoms with Crippen molar-refractivity contribution >= 4 is 0 Å². The van der Waals surface area contributed by atoms with Crippen LogP contribution in [-0.2, 0) is 10.3 Å². The monoisotopic (exact) mass is 211 g/mol. The largest absolute Gasteiger partial charge is 0.379 e. The maximum absolute atomic E-state index is 5.82. The highest BCUT2D eigenvalue weighted by molar-refractivity contribution is 4.95. The molecule has 1 saturated heterocycles. The van der Waals surface area contributed by atoms with Crippen molar-refractivity contribution in [1.29, 1.82) is 0 Å². The zero-order chi connectivity index (χ0) is 10.9. The molecule has 0 amide bonds. The summed E-state index contributed by atoms with van der Waals surface area (Å²) in [5, 5.41) is 11.7. The molecular formula is C9H17N5O. The number of tetrazole rings is 1. The molecule has 84 valence electrons. The second-order valence-electron chi connectivity index (χ2n) is 4.39. The Morgan fingerprint density at radius 1 is 1.60 bits per heavy atom. The van der Waals surface area contributed by atoms with Gasteiger partial charge in [0.2, 0.25) is 0 Å². The first-order chi connectivity index (χ1) is 7.13. The predicted octanol–water partition coefficient (Wildman–Crippen LogP) is 0.218. The van der Waals surface area contributed by atoms with Gasteiger partial charge >= 0.3 is 0 Å². The number of ether oxygens (including phenoxy) is 1. The maximum Gasteiger partial charge on any atom is 0.168 e. The first-order valence-electron chi connectivity index (χ1n) is 5.25. The van der Waals surface area contributed by atoms with Crippen molar-refractivity contribution in [2.75, 3.05) is 13.2 Å². The van der Waals surface area contributed by atoms with E-state index in [1.807, 2.05) is 11.6 Å². The molecule has 6 nitrogen and oxygen atoms in total. The molecule has 2 N–H and O–H groups in total. The molecule has 0 spiro atoms. The fourth-order valence-electron chi connectivity index (χ4n) is 1.95. The standard InChI is InChI=1S/C9H17N5O/c1-7(10)8-11-12-13-14(8)9(2)4-3-5-15-6-9/h7H,3-6,10H2,1-2H3. The van der Waals surface area contributed by atoms with Gasteiger partial charge in [0.15, 0.2) is 5.82 Å². The third-order valence-electron chi connectivity index (χ3n) is 2.83. The van der Waals surface area contributed by atoms with E-state index in [9.17, 15) is 0 Å². The van der Waals surface area contributed by atoms with Crippen LogP contribution in [0.4, 0.5) is 0 Å². The van der Waals surface area contributed by atoms with Gasteiger partial charge in [-0.3, -0.25) is 0 Å². The quantitative estimate of drug-likeness (QED) is 0.757. The van der Waals surface area contributed by atoms with Gasteiger partial charge in [-0.1, -0.05) is 0 Å². The van der Waals surface area contributed by atoms with E-state index in [4.69, 9.17) is 10.5 Å². The van der Waals surface area contributed by atoms with Crippen LogP contribution in [0, 0.1) is 0 Å². The van der Waals surface area contributed by atoms with Crippen LogP contribution in [0.1, 0.15) is 38.6 Å². The Bertz CT molecular complexity index is 329. The third kappa shape index (κ3) is 1.87. The third-order valence-corrected chi connectivity index (χ3v) is 2.83. The molecule has 0 aliphatic carbocycles. The van der Waals surface area contributed by atoms with Gasteiger partial charge in [0.05, 0.1) is 18.2 Å². The predicted molar refractivity (Wildman–Crippen MR) is 54.1 cm³/mol. The van der Waals surface area contributed by atoms with Crippen molar-refractivity contribution in [1.82, 2.24) is 20.2 Å². The van der Waals surface area contributed by atoms with Gasteiger partial charge < -0.3 is 10.5 Å². The van der Waals surface area contributed by atoms with Gasteiger partial charge in [-0.2, -0.15) is 0 Å². The fourth-order valence-corrected chi connectivity index (χ4v) is 1.95. The van der Waals surface area contributed by atoms with Gasteiger partial charge in [0.25, 0.3) is 0 Å². The van der Waals surface area contributed by atoms with Gasteiger partial charge in [0, 0.05) is 6.61 Å². The lowest BCUT2D eigenvalue weighted by atomic mass is 9.95. The molecule has 2 unspecified atom stereocenters. The minimum atomic E-state index is -0.154. The van der Waals surface area contributed by atoms with E-state index in [1.54, 1.807) is 0 Å². The minimum Gasteiger partial charge on any atom is -0.379 e. The number of nitrogens with zero attached hydrogens (tertiary/aromatic N) is 4. The number of aromatic nitrogens is 4. The van der Waals surface area contributed by atoms with E-state index in [0.29, 0.717) is 6.61 Å². The lowest BCUT2D eigenvalue weighted by Gasteiger charge is -2.34. The van der Waals surface area contributed by atoms with E-state index in [-0.39, 0.29) is 11.6 Å². The first-order valence-corrected chi connectivity index (χ1v) is 5.25. The lowest BCUT2D eigenvalue weighted by Crippen LogP contribution is -2.41. The Morgan fingerprint density at radius 3 is 3.00 bits per heavy atom. The summed E-state index contributed by atoms with van der Waals surface area (Å²) in [4.78, 5) is 0. The molecule has 0 bridgehead atoms. The van der Waals surface area contributed by atoms with Crippen LogP contribution in [0.2, 0.25) is 0 Å². The average Bonchev–Trinajstić information content (AvgIpc) is 2.67. The Kier molecular flexibility index (Phi) is 2.70. The molecule has 2 atom stereocenters. The highest BCUT2D eigenvalue weighted by Crippen LogP contribution is 2.27. The second kappa shape index (κ2) is 3.86. The van der Waals surface area contributed by atoms with Crippen molar-refractivity contribution in [3.8, 4) is 0 Å². The van der Waals surface area contributed by atoms with Crippen molar-refractivity contribution in [3.05, 3.63) is 5.82 Å². The molecular weight excluding hydrogens is 194 g/mol. The van der Waals surface area contributed by atoms with Crippen LogP contribution in [-0.4, -0.2) is 33.4 Å². The van der Waals surface area contributed by atoms with Gasteiger partial charge in [-0.25, -0.2) is 4.68 Å². The number of hydrogen-bond donors (Lipinski definition) is 1. The summed E-state index contributed by atoms with van der Waals surface area (Å²) in [6.45, 7) is 5.46. The zero-order valence-corrected chi connectivity index (χ0v) is 9.18. The van der Waals surface area contributed by atoms with Gasteiger partial charge in [-0.15, -0.1) is 5.10 Å². The summed E-state index contributed by atoms with van der Waals surface area (Å²) in [6, 6.07) is -0.154. The smallest absolute Gasteiger partial charge is 0.168 e. The van der Waals surface area contributed by atoms with Gasteiger partial charge in [0.1, 0.15) is 0 Å². The fraction of sp³-hybridized carbons (Fsp3) is 0.889. The summed E-state index contributed by atoms with van der Waals surface area (Å²) < 4.78 is 7.30. The lowest BCUT2D eigenvalue weighted by molar-refractivity contribution is 0.000753. The van der Waals surface area contributed by atoms with E-state index in [0.717, 1.165) is 25.3 Å². The van der Waals surface area contributed by atoms with Crippen LogP contribution < -0.4 is 5.73 Å². The zero-order valence-electron chi connectivity index (χ0n) is 9.18. The SMILES string of the molecule is CC(N)c1nnnn1C1(C)CCCOC1. The van der Waals surface area contributed by atoms with Crippen molar-refractivity contribution in [3.63, 3.8) is 0 Å². The van der Waals surface area contributed by atoms with E-state index >= 15 is 0 Å². The topological polar surface area (TPSA) is 78.9 Å². The Balaban J connectivity index is 2.30. The molecule has 0 radical (unpaired) electrons. The van der Waals surface area contributed by atoms with Crippen LogP contribution in [0.15, 0.2) is 0 Å². The highest BCUT2D eigenvalue weighted by atomic mass is 16.5. The van der Waals surface area contributed by atoms with E-state index in [1.165, 1.54) is 0 Å². The summed E-state index contributed by atoms with van der Waals surface area (Å²) >= 11 is 0. The molecule has 2 heterocycles. The molecule has 2 rings (SSSR count). The Hall–Kier alpha value is -1.01. The van der Waals surface area contributed by atoms with E-state index in [2.05, 4.69) is 22.4 Å². The van der Waals surface area contributed by atoms with Crippen LogP contribution in [0.5, 0.6) is 0 Å². The molecule has 1 aliphatic rings. The highest BCUT2D eigenvalue weighted by Gasteiger charge is 2.33. The van der Waals surface area contributed by atoms with Crippen LogP contribution in [0.3, 0.4) is 0 Å². The molecule has 1 aliphatic heterocycles. The van der Waals surface area contributed by atoms with Crippen LogP contribution in [0.25, 0.3) is 0 Å². The normalized spacial score (nSPS) is 29.0. The number of nitrogens with two attached hydrogens (primary N) is 1. The van der Waals surface area contributed by atoms with E-state index < -0.39 is 0 Å². The van der Waals surface area contributed by atoms with Crippen LogP contribution >= 0.6 is 0 Å². The molecule has 15 heavy (non-hydrogen) atoms. The molecule has 1 aromatic heterocycles. The van der Waals surface area contributed by atoms with Crippen molar-refractivity contribution in [2.45, 2.75) is 38.3 Å². The molecule has 6 heteroatoms. The summed E-state index contributed by atoms with van der Waals surface area (Å²) in [5.41, 5.74) is 5.67. The van der Waals surface area contributed by atoms with Gasteiger partial charge in [-0.05, 0) is 37.1 Å². The molecule has 1 fully saturated rings. The number of rotatable bonds is 2. The van der Waals surface area contributed by atoms with Crippen molar-refractivity contribution in [2.24, 2.45) is 5.73 Å². The Morgan fingerprint density at radius 2 is 2.40 bits per heavy atom. The summed E-state index contributed by atoms with van der Waals surface area (Å²) in [7, 11) is 0. The molecule has 1 aromatic rings. The first kappa shape index (κ1) is 10.5. The van der Waals surface area contributed by atoms with Crippen molar-refractivity contribution < 1.29 is 4.74 Å². The Labute approximate surface area is 88.8 Å². The summed E-state index contributed by atoms with van der Waals surface area (Å²) in [6.07, 6.45) is 2.06.